The molecule has 1 heterocycles. The van der Waals surface area contributed by atoms with Crippen LogP contribution in [0.5, 0.6) is 0 Å². The van der Waals surface area contributed by atoms with Crippen LogP contribution in [0.25, 0.3) is 0 Å². The SMILES string of the molecule is Cc1cc(C)c(C)c(N2c3ccccc3N(C)[C@@H]2C)c1. The molecule has 0 bridgehead atoms. The van der Waals surface area contributed by atoms with Gasteiger partial charge in [-0.3, -0.25) is 0 Å². The molecule has 1 aliphatic rings. The van der Waals surface area contributed by atoms with Gasteiger partial charge in [0.05, 0.1) is 11.4 Å². The summed E-state index contributed by atoms with van der Waals surface area (Å²) < 4.78 is 0. The highest BCUT2D eigenvalue weighted by molar-refractivity contribution is 5.84. The van der Waals surface area contributed by atoms with Crippen molar-refractivity contribution in [2.24, 2.45) is 0 Å². The van der Waals surface area contributed by atoms with Crippen molar-refractivity contribution in [3.05, 3.63) is 53.1 Å². The molecule has 1 atom stereocenters. The Morgan fingerprint density at radius 3 is 2.25 bits per heavy atom. The van der Waals surface area contributed by atoms with Crippen LogP contribution in [0.15, 0.2) is 36.4 Å². The quantitative estimate of drug-likeness (QED) is 0.747. The maximum Gasteiger partial charge on any atom is 0.103 e. The average molecular weight is 266 g/mol. The number of para-hydroxylation sites is 2. The zero-order chi connectivity index (χ0) is 14.4. The molecule has 20 heavy (non-hydrogen) atoms. The van der Waals surface area contributed by atoms with Crippen molar-refractivity contribution in [2.75, 3.05) is 16.8 Å². The first kappa shape index (κ1) is 13.0. The predicted molar refractivity (Wildman–Crippen MR) is 87.1 cm³/mol. The monoisotopic (exact) mass is 266 g/mol. The third-order valence-electron chi connectivity index (χ3n) is 4.50. The van der Waals surface area contributed by atoms with Crippen LogP contribution in [0.2, 0.25) is 0 Å². The maximum absolute atomic E-state index is 2.45. The van der Waals surface area contributed by atoms with Gasteiger partial charge in [0, 0.05) is 12.7 Å². The van der Waals surface area contributed by atoms with Gasteiger partial charge >= 0.3 is 0 Å². The summed E-state index contributed by atoms with van der Waals surface area (Å²) in [5.41, 5.74) is 7.98. The fourth-order valence-electron chi connectivity index (χ4n) is 3.14. The van der Waals surface area contributed by atoms with Crippen LogP contribution >= 0.6 is 0 Å². The van der Waals surface area contributed by atoms with E-state index >= 15 is 0 Å². The largest absolute Gasteiger partial charge is 0.353 e. The number of anilines is 3. The molecule has 0 spiro atoms. The summed E-state index contributed by atoms with van der Waals surface area (Å²) >= 11 is 0. The number of aryl methyl sites for hydroxylation is 2. The van der Waals surface area contributed by atoms with Crippen molar-refractivity contribution < 1.29 is 0 Å². The van der Waals surface area contributed by atoms with E-state index in [2.05, 4.69) is 80.9 Å². The molecular weight excluding hydrogens is 244 g/mol. The number of rotatable bonds is 1. The number of fused-ring (bicyclic) bond motifs is 1. The Labute approximate surface area is 121 Å². The minimum Gasteiger partial charge on any atom is -0.353 e. The van der Waals surface area contributed by atoms with Gasteiger partial charge in [-0.15, -0.1) is 0 Å². The second kappa shape index (κ2) is 4.55. The minimum absolute atomic E-state index is 0.340. The van der Waals surface area contributed by atoms with E-state index in [1.54, 1.807) is 0 Å². The lowest BCUT2D eigenvalue weighted by Gasteiger charge is -2.30. The Kier molecular flexibility index (Phi) is 2.97. The van der Waals surface area contributed by atoms with E-state index in [9.17, 15) is 0 Å². The van der Waals surface area contributed by atoms with E-state index in [-0.39, 0.29) is 0 Å². The van der Waals surface area contributed by atoms with Gasteiger partial charge < -0.3 is 9.80 Å². The molecule has 0 amide bonds. The highest BCUT2D eigenvalue weighted by atomic mass is 15.4. The van der Waals surface area contributed by atoms with Crippen LogP contribution in [-0.2, 0) is 0 Å². The summed E-state index contributed by atoms with van der Waals surface area (Å²) in [5, 5.41) is 0. The van der Waals surface area contributed by atoms with Crippen LogP contribution in [0.1, 0.15) is 23.6 Å². The molecule has 0 unspecified atom stereocenters. The molecule has 0 saturated carbocycles. The van der Waals surface area contributed by atoms with Gasteiger partial charge in [0.15, 0.2) is 0 Å². The summed E-state index contributed by atoms with van der Waals surface area (Å²) in [6.07, 6.45) is 0.340. The Balaban J connectivity index is 2.21. The maximum atomic E-state index is 2.45. The summed E-state index contributed by atoms with van der Waals surface area (Å²) in [5.74, 6) is 0. The Bertz CT molecular complexity index is 660. The highest BCUT2D eigenvalue weighted by Gasteiger charge is 2.31. The molecule has 0 aromatic heterocycles. The van der Waals surface area contributed by atoms with Crippen molar-refractivity contribution in [3.8, 4) is 0 Å². The first-order chi connectivity index (χ1) is 9.50. The van der Waals surface area contributed by atoms with Gasteiger partial charge in [0.2, 0.25) is 0 Å². The van der Waals surface area contributed by atoms with E-state index < -0.39 is 0 Å². The van der Waals surface area contributed by atoms with Crippen LogP contribution in [0, 0.1) is 20.8 Å². The number of benzene rings is 2. The lowest BCUT2D eigenvalue weighted by molar-refractivity contribution is 0.732. The van der Waals surface area contributed by atoms with Gasteiger partial charge in [-0.1, -0.05) is 18.2 Å². The number of nitrogens with zero attached hydrogens (tertiary/aromatic N) is 2. The second-order valence-electron chi connectivity index (χ2n) is 5.83. The van der Waals surface area contributed by atoms with E-state index in [4.69, 9.17) is 0 Å². The molecule has 2 aromatic rings. The van der Waals surface area contributed by atoms with Crippen molar-refractivity contribution in [2.45, 2.75) is 33.9 Å². The van der Waals surface area contributed by atoms with E-state index in [1.165, 1.54) is 33.8 Å². The minimum atomic E-state index is 0.340. The first-order valence-electron chi connectivity index (χ1n) is 7.19. The summed E-state index contributed by atoms with van der Waals surface area (Å²) in [7, 11) is 2.17. The zero-order valence-corrected chi connectivity index (χ0v) is 12.9. The normalized spacial score (nSPS) is 17.6. The standard InChI is InChI=1S/C18H22N2/c1-12-10-13(2)14(3)18(11-12)20-15(4)19(5)16-8-6-7-9-17(16)20/h6-11,15H,1-5H3/t15-/m0/s1. The average Bonchev–Trinajstić information content (AvgIpc) is 2.67. The van der Waals surface area contributed by atoms with Crippen molar-refractivity contribution in [1.82, 2.24) is 0 Å². The molecule has 104 valence electrons. The fourth-order valence-corrected chi connectivity index (χ4v) is 3.14. The van der Waals surface area contributed by atoms with Gasteiger partial charge in [-0.25, -0.2) is 0 Å². The van der Waals surface area contributed by atoms with Crippen LogP contribution in [-0.4, -0.2) is 13.2 Å². The summed E-state index contributed by atoms with van der Waals surface area (Å²) in [6.45, 7) is 8.85. The highest BCUT2D eigenvalue weighted by Crippen LogP contribution is 2.44. The molecular formula is C18H22N2. The van der Waals surface area contributed by atoms with Gasteiger partial charge in [0.1, 0.15) is 6.17 Å². The van der Waals surface area contributed by atoms with Gasteiger partial charge in [0.25, 0.3) is 0 Å². The Hall–Kier alpha value is -1.96. The molecule has 3 rings (SSSR count). The third-order valence-corrected chi connectivity index (χ3v) is 4.50. The lowest BCUT2D eigenvalue weighted by atomic mass is 10.0. The molecule has 2 aromatic carbocycles. The van der Waals surface area contributed by atoms with E-state index in [1.807, 2.05) is 0 Å². The smallest absolute Gasteiger partial charge is 0.103 e. The Morgan fingerprint density at radius 2 is 1.55 bits per heavy atom. The fraction of sp³-hybridized carbons (Fsp3) is 0.333. The van der Waals surface area contributed by atoms with Crippen molar-refractivity contribution >= 4 is 17.1 Å². The molecule has 0 radical (unpaired) electrons. The molecule has 0 aliphatic carbocycles. The van der Waals surface area contributed by atoms with Crippen LogP contribution < -0.4 is 9.80 Å². The molecule has 0 fully saturated rings. The predicted octanol–water partition coefficient (Wildman–Crippen LogP) is 4.55. The Morgan fingerprint density at radius 1 is 0.900 bits per heavy atom. The first-order valence-corrected chi connectivity index (χ1v) is 7.19. The zero-order valence-electron chi connectivity index (χ0n) is 12.9. The van der Waals surface area contributed by atoms with Gasteiger partial charge in [-0.05, 0) is 62.6 Å². The van der Waals surface area contributed by atoms with E-state index in [0.717, 1.165) is 0 Å². The van der Waals surface area contributed by atoms with Gasteiger partial charge in [-0.2, -0.15) is 0 Å². The number of hydrogen-bond acceptors (Lipinski definition) is 2. The second-order valence-corrected chi connectivity index (χ2v) is 5.83. The summed E-state index contributed by atoms with van der Waals surface area (Å²) in [6, 6.07) is 13.2. The lowest BCUT2D eigenvalue weighted by Crippen LogP contribution is -2.36. The van der Waals surface area contributed by atoms with Crippen LogP contribution in [0.3, 0.4) is 0 Å². The summed E-state index contributed by atoms with van der Waals surface area (Å²) in [4.78, 5) is 4.79. The number of hydrogen-bond donors (Lipinski definition) is 0. The van der Waals surface area contributed by atoms with Crippen molar-refractivity contribution in [1.29, 1.82) is 0 Å². The van der Waals surface area contributed by atoms with Crippen molar-refractivity contribution in [3.63, 3.8) is 0 Å². The topological polar surface area (TPSA) is 6.48 Å². The molecule has 0 N–H and O–H groups in total. The van der Waals surface area contributed by atoms with E-state index in [0.29, 0.717) is 6.17 Å². The molecule has 2 heteroatoms. The molecule has 0 saturated heterocycles. The molecule has 1 aliphatic heterocycles. The third kappa shape index (κ3) is 1.79. The molecule has 2 nitrogen and oxygen atoms in total. The van der Waals surface area contributed by atoms with Crippen LogP contribution in [0.4, 0.5) is 17.1 Å².